The molecule has 1 N–H and O–H groups in total. The molecule has 0 aromatic rings. The summed E-state index contributed by atoms with van der Waals surface area (Å²) in [4.78, 5) is 10.6. The molecule has 0 aliphatic carbocycles. The van der Waals surface area contributed by atoms with Crippen molar-refractivity contribution < 1.29 is 19.4 Å². The maximum Gasteiger partial charge on any atom is 0.303 e. The van der Waals surface area contributed by atoms with Crippen LogP contribution in [0, 0.1) is 0 Å². The van der Waals surface area contributed by atoms with Crippen LogP contribution in [0.1, 0.15) is 90.9 Å². The summed E-state index contributed by atoms with van der Waals surface area (Å²) >= 11 is 0. The molecule has 26 heavy (non-hydrogen) atoms. The first kappa shape index (κ1) is 24.9. The highest BCUT2D eigenvalue weighted by Gasteiger charge is 2.09. The Hall–Kier alpha value is -1.13. The average Bonchev–Trinajstić information content (AvgIpc) is 2.62. The summed E-state index contributed by atoms with van der Waals surface area (Å²) in [6.07, 6.45) is 19.9. The molecule has 0 rings (SSSR count). The number of unbranched alkanes of at least 4 members (excludes halogenated alkanes) is 5. The van der Waals surface area contributed by atoms with Crippen molar-refractivity contribution in [3.05, 3.63) is 24.3 Å². The van der Waals surface area contributed by atoms with E-state index in [1.165, 1.54) is 0 Å². The smallest absolute Gasteiger partial charge is 0.303 e. The lowest BCUT2D eigenvalue weighted by Crippen LogP contribution is -2.19. The fourth-order valence-electron chi connectivity index (χ4n) is 2.53. The van der Waals surface area contributed by atoms with E-state index < -0.39 is 5.97 Å². The van der Waals surface area contributed by atoms with E-state index >= 15 is 0 Å². The van der Waals surface area contributed by atoms with Crippen molar-refractivity contribution in [3.8, 4) is 0 Å². The van der Waals surface area contributed by atoms with Crippen LogP contribution in [0.5, 0.6) is 0 Å². The molecular formula is C22H40O4. The molecule has 0 aromatic carbocycles. The Morgan fingerprint density at radius 3 is 1.81 bits per heavy atom. The van der Waals surface area contributed by atoms with Gasteiger partial charge in [0.2, 0.25) is 0 Å². The summed E-state index contributed by atoms with van der Waals surface area (Å²) in [5.41, 5.74) is 0. The van der Waals surface area contributed by atoms with E-state index in [1.54, 1.807) is 0 Å². The van der Waals surface area contributed by atoms with E-state index in [0.717, 1.165) is 64.2 Å². The van der Waals surface area contributed by atoms with Crippen molar-refractivity contribution in [2.24, 2.45) is 0 Å². The number of aliphatic carboxylic acids is 1. The highest BCUT2D eigenvalue weighted by atomic mass is 16.7. The van der Waals surface area contributed by atoms with Crippen molar-refractivity contribution in [2.45, 2.75) is 97.2 Å². The number of hydrogen-bond donors (Lipinski definition) is 1. The average molecular weight is 369 g/mol. The molecule has 0 unspecified atom stereocenters. The second-order valence-corrected chi connectivity index (χ2v) is 6.56. The Morgan fingerprint density at radius 2 is 1.35 bits per heavy atom. The summed E-state index contributed by atoms with van der Waals surface area (Å²) in [5.74, 6) is -0.733. The number of carboxylic acids is 1. The maximum absolute atomic E-state index is 10.6. The number of allylic oxidation sites excluding steroid dienone is 4. The van der Waals surface area contributed by atoms with E-state index in [-0.39, 0.29) is 12.7 Å². The lowest BCUT2D eigenvalue weighted by molar-refractivity contribution is -0.148. The molecule has 4 heteroatoms. The van der Waals surface area contributed by atoms with Gasteiger partial charge in [0, 0.05) is 19.6 Å². The molecule has 152 valence electrons. The number of carbonyl (C=O) groups is 1. The van der Waals surface area contributed by atoms with Crippen LogP contribution in [0.25, 0.3) is 0 Å². The van der Waals surface area contributed by atoms with Crippen LogP contribution < -0.4 is 0 Å². The normalized spacial score (nSPS) is 12.0. The van der Waals surface area contributed by atoms with Crippen LogP contribution in [0.2, 0.25) is 0 Å². The summed E-state index contributed by atoms with van der Waals surface area (Å²) in [6, 6.07) is 0. The van der Waals surface area contributed by atoms with E-state index in [4.69, 9.17) is 14.6 Å². The Kier molecular flexibility index (Phi) is 19.3. The highest BCUT2D eigenvalue weighted by molar-refractivity contribution is 5.66. The minimum Gasteiger partial charge on any atom is -0.481 e. The van der Waals surface area contributed by atoms with Gasteiger partial charge in [0.15, 0.2) is 6.29 Å². The van der Waals surface area contributed by atoms with E-state index in [1.807, 2.05) is 0 Å². The van der Waals surface area contributed by atoms with E-state index in [2.05, 4.69) is 38.2 Å². The minimum absolute atomic E-state index is 0.193. The molecule has 0 bridgehead atoms. The Labute approximate surface area is 160 Å². The van der Waals surface area contributed by atoms with Crippen LogP contribution in [-0.2, 0) is 14.3 Å². The standard InChI is InChI=1S/C22H40O4/c1-3-5-7-9-11-15-19-25-22(18-14-13-17-21(23)24)26-20-16-12-10-8-6-4-2/h5-8,22H,3-4,9-20H2,1-2H3,(H,23,24)/b7-5-,8-6-. The van der Waals surface area contributed by atoms with Gasteiger partial charge in [0.05, 0.1) is 0 Å². The zero-order valence-electron chi connectivity index (χ0n) is 17.0. The quantitative estimate of drug-likeness (QED) is 0.166. The summed E-state index contributed by atoms with van der Waals surface area (Å²) in [6.45, 7) is 5.71. The van der Waals surface area contributed by atoms with Gasteiger partial charge in [0.25, 0.3) is 0 Å². The van der Waals surface area contributed by atoms with Crippen molar-refractivity contribution in [3.63, 3.8) is 0 Å². The molecule has 0 saturated carbocycles. The molecular weight excluding hydrogens is 328 g/mol. The number of ether oxygens (including phenoxy) is 2. The molecule has 4 nitrogen and oxygen atoms in total. The van der Waals surface area contributed by atoms with E-state index in [0.29, 0.717) is 19.6 Å². The van der Waals surface area contributed by atoms with Crippen molar-refractivity contribution in [1.82, 2.24) is 0 Å². The van der Waals surface area contributed by atoms with Gasteiger partial charge in [-0.3, -0.25) is 4.79 Å². The molecule has 0 fully saturated rings. The van der Waals surface area contributed by atoms with Gasteiger partial charge in [-0.1, -0.05) is 38.2 Å². The molecule has 0 radical (unpaired) electrons. The Morgan fingerprint density at radius 1 is 0.808 bits per heavy atom. The lowest BCUT2D eigenvalue weighted by Gasteiger charge is -2.18. The zero-order valence-corrected chi connectivity index (χ0v) is 17.0. The maximum atomic E-state index is 10.6. The van der Waals surface area contributed by atoms with Crippen molar-refractivity contribution in [1.29, 1.82) is 0 Å². The SMILES string of the molecule is CC/C=C\CCCCOC(CCCCC(=O)O)OCCCC/C=C\CC. The first-order valence-electron chi connectivity index (χ1n) is 10.5. The predicted molar refractivity (Wildman–Crippen MR) is 108 cm³/mol. The summed E-state index contributed by atoms with van der Waals surface area (Å²) in [7, 11) is 0. The van der Waals surface area contributed by atoms with Gasteiger partial charge in [-0.05, 0) is 70.6 Å². The number of rotatable bonds is 19. The highest BCUT2D eigenvalue weighted by Crippen LogP contribution is 2.11. The third-order valence-corrected chi connectivity index (χ3v) is 4.02. The Bertz CT molecular complexity index is 339. The van der Waals surface area contributed by atoms with Crippen LogP contribution in [0.15, 0.2) is 24.3 Å². The third-order valence-electron chi connectivity index (χ3n) is 4.02. The summed E-state index contributed by atoms with van der Waals surface area (Å²) in [5, 5.41) is 8.73. The fourth-order valence-corrected chi connectivity index (χ4v) is 2.53. The van der Waals surface area contributed by atoms with Crippen LogP contribution in [0.4, 0.5) is 0 Å². The summed E-state index contributed by atoms with van der Waals surface area (Å²) < 4.78 is 11.8. The molecule has 0 aliphatic rings. The van der Waals surface area contributed by atoms with Crippen LogP contribution in [0.3, 0.4) is 0 Å². The number of hydrogen-bond acceptors (Lipinski definition) is 3. The van der Waals surface area contributed by atoms with E-state index in [9.17, 15) is 4.79 Å². The molecule has 0 aliphatic heterocycles. The second-order valence-electron chi connectivity index (χ2n) is 6.56. The molecule has 0 spiro atoms. The first-order chi connectivity index (χ1) is 12.7. The zero-order chi connectivity index (χ0) is 19.3. The molecule has 0 saturated heterocycles. The second kappa shape index (κ2) is 20.2. The van der Waals surface area contributed by atoms with Crippen LogP contribution in [-0.4, -0.2) is 30.6 Å². The van der Waals surface area contributed by atoms with Gasteiger partial charge in [-0.25, -0.2) is 0 Å². The molecule has 0 aromatic heterocycles. The lowest BCUT2D eigenvalue weighted by atomic mass is 10.2. The molecule has 0 amide bonds. The van der Waals surface area contributed by atoms with Crippen molar-refractivity contribution >= 4 is 5.97 Å². The Balaban J connectivity index is 3.90. The monoisotopic (exact) mass is 368 g/mol. The topological polar surface area (TPSA) is 55.8 Å². The number of carboxylic acid groups (broad SMARTS) is 1. The third kappa shape index (κ3) is 19.2. The molecule has 0 heterocycles. The van der Waals surface area contributed by atoms with Crippen LogP contribution >= 0.6 is 0 Å². The van der Waals surface area contributed by atoms with Gasteiger partial charge in [-0.2, -0.15) is 0 Å². The molecule has 0 atom stereocenters. The minimum atomic E-state index is -0.733. The van der Waals surface area contributed by atoms with Gasteiger partial charge >= 0.3 is 5.97 Å². The van der Waals surface area contributed by atoms with Gasteiger partial charge in [-0.15, -0.1) is 0 Å². The largest absolute Gasteiger partial charge is 0.481 e. The van der Waals surface area contributed by atoms with Gasteiger partial charge in [0.1, 0.15) is 0 Å². The fraction of sp³-hybridized carbons (Fsp3) is 0.773. The first-order valence-corrected chi connectivity index (χ1v) is 10.5. The van der Waals surface area contributed by atoms with Gasteiger partial charge < -0.3 is 14.6 Å². The predicted octanol–water partition coefficient (Wildman–Crippen LogP) is 6.26. The van der Waals surface area contributed by atoms with Crippen molar-refractivity contribution in [2.75, 3.05) is 13.2 Å².